The van der Waals surface area contributed by atoms with E-state index in [1.165, 1.54) is 13.0 Å². The fraction of sp³-hybridized carbons (Fsp3) is 0.308. The maximum atomic E-state index is 12.6. The van der Waals surface area contributed by atoms with Crippen molar-refractivity contribution < 1.29 is 30.9 Å². The number of aromatic nitrogens is 2. The lowest BCUT2D eigenvalue weighted by Gasteiger charge is -2.09. The number of alkyl halides is 3. The Bertz CT molecular complexity index is 846. The summed E-state index contributed by atoms with van der Waals surface area (Å²) in [6.07, 6.45) is -4.57. The first-order valence-corrected chi connectivity index (χ1v) is 8.34. The van der Waals surface area contributed by atoms with Crippen LogP contribution >= 0.6 is 0 Å². The molecule has 0 aliphatic heterocycles. The zero-order chi connectivity index (χ0) is 18.0. The van der Waals surface area contributed by atoms with Crippen LogP contribution in [-0.2, 0) is 26.6 Å². The Morgan fingerprint density at radius 2 is 2.04 bits per heavy atom. The maximum Gasteiger partial charge on any atom is 0.416 e. The predicted octanol–water partition coefficient (Wildman–Crippen LogP) is 1.95. The molecule has 1 N–H and O–H groups in total. The van der Waals surface area contributed by atoms with Gasteiger partial charge in [0.15, 0.2) is 15.7 Å². The molecule has 0 aliphatic rings. The van der Waals surface area contributed by atoms with E-state index < -0.39 is 39.0 Å². The summed E-state index contributed by atoms with van der Waals surface area (Å²) in [5, 5.41) is 5.54. The van der Waals surface area contributed by atoms with E-state index in [-0.39, 0.29) is 17.4 Å². The maximum absolute atomic E-state index is 12.6. The minimum Gasteiger partial charge on any atom is -0.338 e. The largest absolute Gasteiger partial charge is 0.416 e. The van der Waals surface area contributed by atoms with Gasteiger partial charge in [-0.2, -0.15) is 18.2 Å². The molecule has 0 saturated carbocycles. The molecule has 1 heterocycles. The van der Waals surface area contributed by atoms with Crippen LogP contribution in [0.15, 0.2) is 28.8 Å². The number of carbonyl (C=O) groups is 1. The minimum atomic E-state index is -4.57. The Labute approximate surface area is 134 Å². The number of benzene rings is 1. The molecule has 0 bridgehead atoms. The molecule has 0 aliphatic carbocycles. The van der Waals surface area contributed by atoms with Gasteiger partial charge in [-0.25, -0.2) is 8.42 Å². The molecular formula is C13H12F3N3O4S. The molecule has 2 aromatic rings. The number of hydrogen-bond donors (Lipinski definition) is 1. The Kier molecular flexibility index (Phi) is 4.92. The second kappa shape index (κ2) is 6.59. The van der Waals surface area contributed by atoms with Gasteiger partial charge in [0.1, 0.15) is 11.5 Å². The lowest BCUT2D eigenvalue weighted by Crippen LogP contribution is -2.24. The van der Waals surface area contributed by atoms with Crippen molar-refractivity contribution in [1.82, 2.24) is 10.1 Å². The predicted molar refractivity (Wildman–Crippen MR) is 76.6 cm³/mol. The van der Waals surface area contributed by atoms with E-state index in [1.54, 1.807) is 0 Å². The summed E-state index contributed by atoms with van der Waals surface area (Å²) in [4.78, 5) is 15.5. The normalized spacial score (nSPS) is 12.2. The highest BCUT2D eigenvalue weighted by Crippen LogP contribution is 2.30. The molecule has 0 fully saturated rings. The number of nitrogens with zero attached hydrogens (tertiary/aromatic N) is 2. The van der Waals surface area contributed by atoms with Crippen molar-refractivity contribution in [1.29, 1.82) is 0 Å². The SMILES string of the molecule is Cc1noc(CS(=O)(=O)CC(=O)Nc2cccc(C(F)(F)F)c2)n1. The number of carbonyl (C=O) groups excluding carboxylic acids is 1. The lowest BCUT2D eigenvalue weighted by atomic mass is 10.2. The fourth-order valence-electron chi connectivity index (χ4n) is 1.81. The van der Waals surface area contributed by atoms with Crippen molar-refractivity contribution in [2.45, 2.75) is 18.9 Å². The quantitative estimate of drug-likeness (QED) is 0.871. The van der Waals surface area contributed by atoms with Gasteiger partial charge in [0, 0.05) is 5.69 Å². The number of amides is 1. The van der Waals surface area contributed by atoms with Crippen molar-refractivity contribution >= 4 is 21.4 Å². The van der Waals surface area contributed by atoms with Crippen molar-refractivity contribution in [2.24, 2.45) is 0 Å². The highest BCUT2D eigenvalue weighted by atomic mass is 32.2. The van der Waals surface area contributed by atoms with Crippen LogP contribution in [0.25, 0.3) is 0 Å². The van der Waals surface area contributed by atoms with Crippen molar-refractivity contribution in [3.8, 4) is 0 Å². The van der Waals surface area contributed by atoms with Crippen LogP contribution in [0, 0.1) is 6.92 Å². The summed E-state index contributed by atoms with van der Waals surface area (Å²) in [6, 6.07) is 3.88. The van der Waals surface area contributed by atoms with Gasteiger partial charge in [0.25, 0.3) is 0 Å². The average Bonchev–Trinajstić information content (AvgIpc) is 2.81. The molecule has 0 unspecified atom stereocenters. The van der Waals surface area contributed by atoms with Crippen LogP contribution in [0.1, 0.15) is 17.3 Å². The zero-order valence-corrected chi connectivity index (χ0v) is 13.1. The van der Waals surface area contributed by atoms with Gasteiger partial charge in [0.05, 0.1) is 5.56 Å². The lowest BCUT2D eigenvalue weighted by molar-refractivity contribution is -0.137. The Hall–Kier alpha value is -2.43. The van der Waals surface area contributed by atoms with Gasteiger partial charge in [-0.3, -0.25) is 4.79 Å². The molecule has 7 nitrogen and oxygen atoms in total. The minimum absolute atomic E-state index is 0.154. The molecule has 24 heavy (non-hydrogen) atoms. The summed E-state index contributed by atoms with van der Waals surface area (Å²) in [7, 11) is -3.91. The van der Waals surface area contributed by atoms with Crippen LogP contribution in [0.3, 0.4) is 0 Å². The highest BCUT2D eigenvalue weighted by Gasteiger charge is 2.30. The molecule has 1 aromatic carbocycles. The fourth-order valence-corrected chi connectivity index (χ4v) is 2.88. The van der Waals surface area contributed by atoms with Crippen molar-refractivity contribution in [3.63, 3.8) is 0 Å². The van der Waals surface area contributed by atoms with Crippen molar-refractivity contribution in [3.05, 3.63) is 41.5 Å². The topological polar surface area (TPSA) is 102 Å². The molecule has 0 spiro atoms. The van der Waals surface area contributed by atoms with E-state index in [0.717, 1.165) is 12.1 Å². The Morgan fingerprint density at radius 1 is 1.33 bits per heavy atom. The van der Waals surface area contributed by atoms with Crippen LogP contribution in [-0.4, -0.2) is 30.2 Å². The van der Waals surface area contributed by atoms with Crippen LogP contribution < -0.4 is 5.32 Å². The van der Waals surface area contributed by atoms with Gasteiger partial charge < -0.3 is 9.84 Å². The second-order valence-electron chi connectivity index (χ2n) is 4.89. The molecule has 2 rings (SSSR count). The third-order valence-electron chi connectivity index (χ3n) is 2.74. The van der Waals surface area contributed by atoms with Crippen LogP contribution in [0.2, 0.25) is 0 Å². The van der Waals surface area contributed by atoms with Gasteiger partial charge in [-0.1, -0.05) is 11.2 Å². The molecule has 0 saturated heterocycles. The van der Waals surface area contributed by atoms with E-state index in [4.69, 9.17) is 0 Å². The highest BCUT2D eigenvalue weighted by molar-refractivity contribution is 7.91. The van der Waals surface area contributed by atoms with Crippen LogP contribution in [0.5, 0.6) is 0 Å². The molecule has 1 amide bonds. The number of sulfone groups is 1. The smallest absolute Gasteiger partial charge is 0.338 e. The third-order valence-corrected chi connectivity index (χ3v) is 4.13. The zero-order valence-electron chi connectivity index (χ0n) is 12.3. The van der Waals surface area contributed by atoms with Crippen LogP contribution in [0.4, 0.5) is 18.9 Å². The van der Waals surface area contributed by atoms with E-state index in [0.29, 0.717) is 6.07 Å². The first-order chi connectivity index (χ1) is 11.0. The summed E-state index contributed by atoms with van der Waals surface area (Å²) in [5.74, 6) is -2.45. The number of halogens is 3. The Morgan fingerprint density at radius 3 is 2.62 bits per heavy atom. The first kappa shape index (κ1) is 17.9. The van der Waals surface area contributed by atoms with Gasteiger partial charge >= 0.3 is 6.18 Å². The monoisotopic (exact) mass is 363 g/mol. The van der Waals surface area contributed by atoms with Gasteiger partial charge in [-0.05, 0) is 25.1 Å². The number of hydrogen-bond acceptors (Lipinski definition) is 6. The summed E-state index contributed by atoms with van der Waals surface area (Å²) < 4.78 is 66.2. The number of rotatable bonds is 5. The summed E-state index contributed by atoms with van der Waals surface area (Å²) >= 11 is 0. The molecule has 0 atom stereocenters. The molecule has 130 valence electrons. The molecule has 0 radical (unpaired) electrons. The Balaban J connectivity index is 2.02. The van der Waals surface area contributed by atoms with E-state index in [2.05, 4.69) is 20.0 Å². The van der Waals surface area contributed by atoms with Gasteiger partial charge in [0.2, 0.25) is 11.8 Å². The third kappa shape index (κ3) is 5.05. The van der Waals surface area contributed by atoms with Crippen molar-refractivity contribution in [2.75, 3.05) is 11.1 Å². The van der Waals surface area contributed by atoms with E-state index >= 15 is 0 Å². The first-order valence-electron chi connectivity index (χ1n) is 6.52. The van der Waals surface area contributed by atoms with E-state index in [9.17, 15) is 26.4 Å². The standard InChI is InChI=1S/C13H12F3N3O4S/c1-8-17-12(23-19-8)7-24(21,22)6-11(20)18-10-4-2-3-9(5-10)13(14,15)16/h2-5H,6-7H2,1H3,(H,18,20). The summed E-state index contributed by atoms with van der Waals surface area (Å²) in [6.45, 7) is 1.50. The second-order valence-corrected chi connectivity index (χ2v) is 6.96. The summed E-state index contributed by atoms with van der Waals surface area (Å²) in [5.41, 5.74) is -1.11. The average molecular weight is 363 g/mol. The number of nitrogens with one attached hydrogen (secondary N) is 1. The van der Waals surface area contributed by atoms with E-state index in [1.807, 2.05) is 0 Å². The molecule has 11 heteroatoms. The number of aryl methyl sites for hydroxylation is 1. The van der Waals surface area contributed by atoms with Gasteiger partial charge in [-0.15, -0.1) is 0 Å². The number of anilines is 1. The molecule has 1 aromatic heterocycles. The molecular weight excluding hydrogens is 351 g/mol.